The maximum Gasteiger partial charge on any atom is 0.328 e. The number of ether oxygens (including phenoxy) is 1. The highest BCUT2D eigenvalue weighted by molar-refractivity contribution is 14.1. The van der Waals surface area contributed by atoms with E-state index in [-0.39, 0.29) is 6.61 Å². The number of aliphatic carboxylic acids is 1. The monoisotopic (exact) mass is 380 g/mol. The molecule has 0 spiro atoms. The summed E-state index contributed by atoms with van der Waals surface area (Å²) in [5.74, 6) is -0.253. The molecule has 0 aromatic heterocycles. The molecule has 0 aliphatic rings. The van der Waals surface area contributed by atoms with Crippen molar-refractivity contribution in [1.29, 1.82) is 0 Å². The molecule has 0 unspecified atom stereocenters. The highest BCUT2D eigenvalue weighted by Crippen LogP contribution is 2.23. The van der Waals surface area contributed by atoms with E-state index in [4.69, 9.17) is 9.84 Å². The molecule has 0 aliphatic carbocycles. The maximum absolute atomic E-state index is 10.3. The zero-order valence-corrected chi connectivity index (χ0v) is 12.8. The zero-order valence-electron chi connectivity index (χ0n) is 10.6. The lowest BCUT2D eigenvalue weighted by Gasteiger charge is -2.05. The number of carbonyl (C=O) groups is 1. The summed E-state index contributed by atoms with van der Waals surface area (Å²) < 4.78 is 6.62. The fraction of sp³-hybridized carbons (Fsp3) is 0.0625. The number of carboxylic acids is 1. The summed E-state index contributed by atoms with van der Waals surface area (Å²) in [6, 6.07) is 16.0. The third kappa shape index (κ3) is 4.38. The van der Waals surface area contributed by atoms with E-state index in [1.54, 1.807) is 0 Å². The molecule has 0 saturated heterocycles. The second kappa shape index (κ2) is 7.09. The van der Waals surface area contributed by atoms with E-state index < -0.39 is 5.97 Å². The number of hydrogen-bond donors (Lipinski definition) is 1. The van der Waals surface area contributed by atoms with Crippen LogP contribution in [0.4, 0.5) is 0 Å². The summed E-state index contributed by atoms with van der Waals surface area (Å²) in [5, 5.41) is 8.45. The molecule has 102 valence electrons. The average Bonchev–Trinajstić information content (AvgIpc) is 2.45. The first kappa shape index (κ1) is 14.6. The summed E-state index contributed by atoms with van der Waals surface area (Å²) in [6.07, 6.45) is 2.54. The van der Waals surface area contributed by atoms with Gasteiger partial charge in [0.1, 0.15) is 12.4 Å². The minimum atomic E-state index is -0.970. The normalized spacial score (nSPS) is 10.7. The number of benzene rings is 2. The van der Waals surface area contributed by atoms with Crippen LogP contribution in [-0.4, -0.2) is 17.7 Å². The van der Waals surface area contributed by atoms with Gasteiger partial charge in [-0.15, -0.1) is 0 Å². The molecule has 20 heavy (non-hydrogen) atoms. The number of rotatable bonds is 5. The van der Waals surface area contributed by atoms with Crippen LogP contribution in [0, 0.1) is 3.57 Å². The van der Waals surface area contributed by atoms with Crippen LogP contribution < -0.4 is 4.74 Å². The first-order chi connectivity index (χ1) is 9.65. The summed E-state index contributed by atoms with van der Waals surface area (Å²) in [4.78, 5) is 10.3. The van der Waals surface area contributed by atoms with Crippen LogP contribution in [0.15, 0.2) is 60.7 Å². The topological polar surface area (TPSA) is 46.5 Å². The summed E-state index contributed by atoms with van der Waals surface area (Å²) >= 11 is 2.28. The Morgan fingerprint density at radius 2 is 1.60 bits per heavy atom. The SMILES string of the molecule is O=C(O)C=CCOc1ccc(-c2ccc(I)cc2)cc1. The molecule has 0 amide bonds. The van der Waals surface area contributed by atoms with Crippen molar-refractivity contribution in [3.63, 3.8) is 0 Å². The van der Waals surface area contributed by atoms with Gasteiger partial charge < -0.3 is 9.84 Å². The van der Waals surface area contributed by atoms with Gasteiger partial charge in [-0.3, -0.25) is 0 Å². The molecule has 2 aromatic carbocycles. The fourth-order valence-corrected chi connectivity index (χ4v) is 2.04. The van der Waals surface area contributed by atoms with E-state index >= 15 is 0 Å². The molecule has 0 heterocycles. The Morgan fingerprint density at radius 1 is 1.05 bits per heavy atom. The Hall–Kier alpha value is -1.82. The smallest absolute Gasteiger partial charge is 0.328 e. The molecule has 0 bridgehead atoms. The Morgan fingerprint density at radius 3 is 2.15 bits per heavy atom. The van der Waals surface area contributed by atoms with Crippen LogP contribution in [-0.2, 0) is 4.79 Å². The molecule has 0 radical (unpaired) electrons. The minimum absolute atomic E-state index is 0.245. The van der Waals surface area contributed by atoms with Crippen LogP contribution in [0.1, 0.15) is 0 Å². The van der Waals surface area contributed by atoms with Crippen molar-refractivity contribution >= 4 is 28.6 Å². The summed E-state index contributed by atoms with van der Waals surface area (Å²) in [7, 11) is 0. The molecule has 3 nitrogen and oxygen atoms in total. The number of carboxylic acid groups (broad SMARTS) is 1. The van der Waals surface area contributed by atoms with Crippen molar-refractivity contribution in [1.82, 2.24) is 0 Å². The Balaban J connectivity index is 1.99. The van der Waals surface area contributed by atoms with Gasteiger partial charge in [-0.1, -0.05) is 24.3 Å². The van der Waals surface area contributed by atoms with Gasteiger partial charge in [0.05, 0.1) is 0 Å². The highest BCUT2D eigenvalue weighted by Gasteiger charge is 1.98. The lowest BCUT2D eigenvalue weighted by molar-refractivity contribution is -0.131. The van der Waals surface area contributed by atoms with Crippen LogP contribution in [0.5, 0.6) is 5.75 Å². The number of halogens is 1. The Labute approximate surface area is 131 Å². The second-order valence-electron chi connectivity index (χ2n) is 4.08. The molecular formula is C16H13IO3. The van der Waals surface area contributed by atoms with E-state index in [9.17, 15) is 4.79 Å². The van der Waals surface area contributed by atoms with Gasteiger partial charge in [-0.05, 0) is 64.1 Å². The van der Waals surface area contributed by atoms with Crippen molar-refractivity contribution in [3.05, 3.63) is 64.3 Å². The van der Waals surface area contributed by atoms with Crippen LogP contribution >= 0.6 is 22.6 Å². The van der Waals surface area contributed by atoms with Gasteiger partial charge in [0, 0.05) is 9.65 Å². The molecule has 0 aliphatic heterocycles. The van der Waals surface area contributed by atoms with Gasteiger partial charge in [-0.2, -0.15) is 0 Å². The lowest BCUT2D eigenvalue weighted by atomic mass is 10.1. The summed E-state index contributed by atoms with van der Waals surface area (Å²) in [5.41, 5.74) is 2.28. The quantitative estimate of drug-likeness (QED) is 0.631. The molecular weight excluding hydrogens is 367 g/mol. The minimum Gasteiger partial charge on any atom is -0.490 e. The van der Waals surface area contributed by atoms with E-state index in [2.05, 4.69) is 46.9 Å². The van der Waals surface area contributed by atoms with Crippen molar-refractivity contribution in [2.45, 2.75) is 0 Å². The van der Waals surface area contributed by atoms with Gasteiger partial charge in [0.25, 0.3) is 0 Å². The predicted octanol–water partition coefficient (Wildman–Crippen LogP) is 3.98. The van der Waals surface area contributed by atoms with Crippen molar-refractivity contribution < 1.29 is 14.6 Å². The maximum atomic E-state index is 10.3. The average molecular weight is 380 g/mol. The molecule has 0 saturated carbocycles. The first-order valence-corrected chi connectivity index (χ1v) is 7.11. The standard InChI is InChI=1S/C16H13IO3/c17-14-7-3-12(4-8-14)13-5-9-15(10-6-13)20-11-1-2-16(18)19/h1-10H,11H2,(H,18,19). The van der Waals surface area contributed by atoms with Crippen LogP contribution in [0.3, 0.4) is 0 Å². The van der Waals surface area contributed by atoms with E-state index in [1.807, 2.05) is 24.3 Å². The van der Waals surface area contributed by atoms with E-state index in [0.29, 0.717) is 5.75 Å². The van der Waals surface area contributed by atoms with Crippen molar-refractivity contribution in [3.8, 4) is 16.9 Å². The predicted molar refractivity (Wildman–Crippen MR) is 86.9 cm³/mol. The number of hydrogen-bond acceptors (Lipinski definition) is 2. The molecule has 1 N–H and O–H groups in total. The lowest BCUT2D eigenvalue weighted by Crippen LogP contribution is -1.95. The van der Waals surface area contributed by atoms with Crippen LogP contribution in [0.25, 0.3) is 11.1 Å². The molecule has 2 aromatic rings. The Kier molecular flexibility index (Phi) is 5.17. The van der Waals surface area contributed by atoms with Gasteiger partial charge in [-0.25, -0.2) is 4.79 Å². The Bertz CT molecular complexity index is 601. The van der Waals surface area contributed by atoms with Gasteiger partial charge in [0.2, 0.25) is 0 Å². The van der Waals surface area contributed by atoms with Crippen molar-refractivity contribution in [2.75, 3.05) is 6.61 Å². The molecule has 2 rings (SSSR count). The third-order valence-corrected chi connectivity index (χ3v) is 3.36. The third-order valence-electron chi connectivity index (χ3n) is 2.64. The molecule has 4 heteroatoms. The van der Waals surface area contributed by atoms with E-state index in [1.165, 1.54) is 9.65 Å². The fourth-order valence-electron chi connectivity index (χ4n) is 1.68. The van der Waals surface area contributed by atoms with Gasteiger partial charge in [0.15, 0.2) is 0 Å². The molecule has 0 fully saturated rings. The first-order valence-electron chi connectivity index (χ1n) is 6.03. The summed E-state index contributed by atoms with van der Waals surface area (Å²) in [6.45, 7) is 0.245. The van der Waals surface area contributed by atoms with Gasteiger partial charge >= 0.3 is 5.97 Å². The van der Waals surface area contributed by atoms with Crippen LogP contribution in [0.2, 0.25) is 0 Å². The van der Waals surface area contributed by atoms with E-state index in [0.717, 1.165) is 17.2 Å². The highest BCUT2D eigenvalue weighted by atomic mass is 127. The second-order valence-corrected chi connectivity index (χ2v) is 5.33. The molecule has 0 atom stereocenters. The van der Waals surface area contributed by atoms with Crippen molar-refractivity contribution in [2.24, 2.45) is 0 Å². The zero-order chi connectivity index (χ0) is 14.4. The largest absolute Gasteiger partial charge is 0.490 e.